The van der Waals surface area contributed by atoms with Crippen LogP contribution in [0, 0.1) is 12.2 Å². The van der Waals surface area contributed by atoms with Gasteiger partial charge >= 0.3 is 21.7 Å². The topological polar surface area (TPSA) is 0 Å². The molecular weight excluding hydrogens is 251 g/mol. The van der Waals surface area contributed by atoms with E-state index in [0.29, 0.717) is 0 Å². The Bertz CT molecular complexity index is 215. The SMILES string of the molecule is CC1=[C-]CC=C1.[C-]1=CC=CC1.[Cl-].[Cl-].[Ti+4]. The predicted octanol–water partition coefficient (Wildman–Crippen LogP) is -2.99. The van der Waals surface area contributed by atoms with Gasteiger partial charge in [0.05, 0.1) is 0 Å². The Morgan fingerprint density at radius 2 is 1.86 bits per heavy atom. The first kappa shape index (κ1) is 19.8. The Morgan fingerprint density at radius 3 is 2.00 bits per heavy atom. The molecule has 0 aromatic carbocycles. The molecule has 0 unspecified atom stereocenters. The summed E-state index contributed by atoms with van der Waals surface area (Å²) < 4.78 is 0. The van der Waals surface area contributed by atoms with Gasteiger partial charge in [-0.25, -0.2) is 23.8 Å². The summed E-state index contributed by atoms with van der Waals surface area (Å²) in [5.74, 6) is 0. The van der Waals surface area contributed by atoms with Gasteiger partial charge in [0, 0.05) is 0 Å². The van der Waals surface area contributed by atoms with E-state index in [1.807, 2.05) is 12.2 Å². The van der Waals surface area contributed by atoms with Crippen molar-refractivity contribution < 1.29 is 46.5 Å². The van der Waals surface area contributed by atoms with Crippen molar-refractivity contribution >= 4 is 0 Å². The Hall–Kier alpha value is 0.254. The van der Waals surface area contributed by atoms with Gasteiger partial charge in [-0.1, -0.05) is 6.92 Å². The van der Waals surface area contributed by atoms with Crippen LogP contribution >= 0.6 is 0 Å². The third kappa shape index (κ3) is 10.3. The minimum Gasteiger partial charge on any atom is -1.00 e. The van der Waals surface area contributed by atoms with Gasteiger partial charge in [0.25, 0.3) is 0 Å². The van der Waals surface area contributed by atoms with Crippen LogP contribution in [0.15, 0.2) is 36.0 Å². The van der Waals surface area contributed by atoms with E-state index in [9.17, 15) is 0 Å². The van der Waals surface area contributed by atoms with Crippen molar-refractivity contribution in [1.82, 2.24) is 0 Å². The minimum atomic E-state index is 0. The van der Waals surface area contributed by atoms with Crippen LogP contribution in [0.25, 0.3) is 0 Å². The van der Waals surface area contributed by atoms with Crippen molar-refractivity contribution in [3.8, 4) is 0 Å². The molecule has 0 aromatic heterocycles. The Morgan fingerprint density at radius 1 is 1.14 bits per heavy atom. The molecule has 0 radical (unpaired) electrons. The van der Waals surface area contributed by atoms with E-state index in [4.69, 9.17) is 0 Å². The van der Waals surface area contributed by atoms with Gasteiger partial charge in [0.1, 0.15) is 0 Å². The van der Waals surface area contributed by atoms with Gasteiger partial charge in [-0.15, -0.1) is 12.8 Å². The number of allylic oxidation sites excluding steroid dienone is 8. The van der Waals surface area contributed by atoms with Gasteiger partial charge in [-0.05, 0) is 0 Å². The molecule has 0 saturated carbocycles. The zero-order valence-electron chi connectivity index (χ0n) is 8.06. The third-order valence-corrected chi connectivity index (χ3v) is 1.45. The maximum atomic E-state index is 3.12. The van der Waals surface area contributed by atoms with Crippen molar-refractivity contribution in [2.75, 3.05) is 0 Å². The second kappa shape index (κ2) is 13.3. The summed E-state index contributed by atoms with van der Waals surface area (Å²) in [6.45, 7) is 2.06. The molecule has 14 heavy (non-hydrogen) atoms. The molecule has 74 valence electrons. The van der Waals surface area contributed by atoms with E-state index in [1.54, 1.807) is 0 Å². The summed E-state index contributed by atoms with van der Waals surface area (Å²) in [6.07, 6.45) is 18.3. The van der Waals surface area contributed by atoms with E-state index in [1.165, 1.54) is 5.57 Å². The van der Waals surface area contributed by atoms with Gasteiger partial charge in [0.2, 0.25) is 0 Å². The second-order valence-electron chi connectivity index (χ2n) is 2.47. The Labute approximate surface area is 114 Å². The number of hydrogen-bond acceptors (Lipinski definition) is 0. The first-order valence-corrected chi connectivity index (χ1v) is 3.85. The van der Waals surface area contributed by atoms with E-state index in [0.717, 1.165) is 12.8 Å². The fourth-order valence-corrected chi connectivity index (χ4v) is 0.855. The maximum Gasteiger partial charge on any atom is 4.00 e. The summed E-state index contributed by atoms with van der Waals surface area (Å²) in [5.41, 5.74) is 1.27. The minimum absolute atomic E-state index is 0. The van der Waals surface area contributed by atoms with Crippen LogP contribution in [-0.2, 0) is 21.7 Å². The molecule has 0 nitrogen and oxygen atoms in total. The molecule has 0 atom stereocenters. The normalized spacial score (nSPS) is 14.2. The van der Waals surface area contributed by atoms with Gasteiger partial charge < -0.3 is 24.8 Å². The van der Waals surface area contributed by atoms with Crippen LogP contribution in [0.1, 0.15) is 19.8 Å². The Kier molecular flexibility index (Phi) is 18.7. The quantitative estimate of drug-likeness (QED) is 0.323. The number of hydrogen-bond donors (Lipinski definition) is 0. The van der Waals surface area contributed by atoms with Gasteiger partial charge in [-0.3, -0.25) is 12.2 Å². The van der Waals surface area contributed by atoms with Crippen LogP contribution in [0.5, 0.6) is 0 Å². The first-order valence-electron chi connectivity index (χ1n) is 3.85. The second-order valence-corrected chi connectivity index (χ2v) is 2.47. The fourth-order valence-electron chi connectivity index (χ4n) is 0.855. The van der Waals surface area contributed by atoms with Gasteiger partial charge in [-0.2, -0.15) is 12.2 Å². The van der Waals surface area contributed by atoms with Crippen LogP contribution in [0.4, 0.5) is 0 Å². The summed E-state index contributed by atoms with van der Waals surface area (Å²) in [6, 6.07) is 0. The molecule has 0 N–H and O–H groups in total. The van der Waals surface area contributed by atoms with Crippen molar-refractivity contribution in [1.29, 1.82) is 0 Å². The zero-order valence-corrected chi connectivity index (χ0v) is 11.1. The van der Waals surface area contributed by atoms with E-state index < -0.39 is 0 Å². The first-order chi connectivity index (χ1) is 5.39. The maximum absolute atomic E-state index is 3.12. The van der Waals surface area contributed by atoms with Crippen LogP contribution in [0.2, 0.25) is 0 Å². The molecule has 0 spiro atoms. The standard InChI is InChI=1S/C6H7.C5H5.2ClH.Ti/c1-6-4-2-3-5-6;1-2-4-5-3-1;;;/h2,4H,3H2,1H3;1-3H,4H2;2*1H;/q2*-1;;;+4/p-2. The molecule has 2 aliphatic carbocycles. The molecular formula is C11H12Cl2Ti. The molecule has 3 heteroatoms. The molecule has 0 fully saturated rings. The molecule has 0 aliphatic heterocycles. The van der Waals surface area contributed by atoms with Crippen molar-refractivity contribution in [2.24, 2.45) is 0 Å². The van der Waals surface area contributed by atoms with Crippen LogP contribution in [-0.4, -0.2) is 0 Å². The molecule has 0 aromatic rings. The molecule has 2 rings (SSSR count). The van der Waals surface area contributed by atoms with Crippen LogP contribution in [0.3, 0.4) is 0 Å². The largest absolute Gasteiger partial charge is 4.00 e. The summed E-state index contributed by atoms with van der Waals surface area (Å²) in [7, 11) is 0. The van der Waals surface area contributed by atoms with E-state index >= 15 is 0 Å². The summed E-state index contributed by atoms with van der Waals surface area (Å²) in [5, 5.41) is 0. The third-order valence-electron chi connectivity index (χ3n) is 1.45. The number of rotatable bonds is 0. The smallest absolute Gasteiger partial charge is 1.00 e. The predicted molar refractivity (Wildman–Crippen MR) is 47.8 cm³/mol. The van der Waals surface area contributed by atoms with Crippen molar-refractivity contribution in [3.63, 3.8) is 0 Å². The van der Waals surface area contributed by atoms with Crippen LogP contribution < -0.4 is 24.8 Å². The van der Waals surface area contributed by atoms with E-state index in [2.05, 4.69) is 37.3 Å². The molecule has 2 aliphatic rings. The molecule has 0 saturated heterocycles. The molecule has 0 amide bonds. The monoisotopic (exact) mass is 262 g/mol. The van der Waals surface area contributed by atoms with Crippen molar-refractivity contribution in [3.05, 3.63) is 48.1 Å². The fraction of sp³-hybridized carbons (Fsp3) is 0.273. The zero-order chi connectivity index (χ0) is 7.94. The van der Waals surface area contributed by atoms with Gasteiger partial charge in [0.15, 0.2) is 0 Å². The Balaban J connectivity index is -0.000000144. The summed E-state index contributed by atoms with van der Waals surface area (Å²) >= 11 is 0. The molecule has 0 bridgehead atoms. The summed E-state index contributed by atoms with van der Waals surface area (Å²) in [4.78, 5) is 0. The van der Waals surface area contributed by atoms with E-state index in [-0.39, 0.29) is 46.5 Å². The number of halogens is 2. The average Bonchev–Trinajstić information content (AvgIpc) is 2.57. The molecule has 0 heterocycles. The van der Waals surface area contributed by atoms with Crippen molar-refractivity contribution in [2.45, 2.75) is 19.8 Å². The average molecular weight is 263 g/mol.